The number of carbonyl (C=O) groups is 3. The molecule has 0 fully saturated rings. The molecule has 2 aromatic heterocycles. The molecule has 2 heterocycles. The first kappa shape index (κ1) is 22.4. The van der Waals surface area contributed by atoms with E-state index in [9.17, 15) is 14.4 Å². The molecule has 0 unspecified atom stereocenters. The molecule has 0 aliphatic heterocycles. The van der Waals surface area contributed by atoms with Crippen LogP contribution in [0.5, 0.6) is 5.75 Å². The average Bonchev–Trinajstić information content (AvgIpc) is 3.40. The van der Waals surface area contributed by atoms with Crippen molar-refractivity contribution in [1.29, 1.82) is 0 Å². The van der Waals surface area contributed by atoms with Crippen LogP contribution < -0.4 is 20.7 Å². The maximum absolute atomic E-state index is 12.1. The van der Waals surface area contributed by atoms with Crippen LogP contribution in [0.1, 0.15) is 17.5 Å². The van der Waals surface area contributed by atoms with Gasteiger partial charge in [-0.15, -0.1) is 22.7 Å². The second-order valence-corrected chi connectivity index (χ2v) is 8.30. The summed E-state index contributed by atoms with van der Waals surface area (Å²) in [6.45, 7) is 2.31. The van der Waals surface area contributed by atoms with Gasteiger partial charge < -0.3 is 20.7 Å². The fourth-order valence-corrected chi connectivity index (χ4v) is 4.02. The van der Waals surface area contributed by atoms with Gasteiger partial charge >= 0.3 is 0 Å². The third-order valence-corrected chi connectivity index (χ3v) is 5.63. The van der Waals surface area contributed by atoms with E-state index in [-0.39, 0.29) is 37.1 Å². The number of aromatic nitrogens is 1. The quantitative estimate of drug-likeness (QED) is 0.433. The smallest absolute Gasteiger partial charge is 0.243 e. The second-order valence-electron chi connectivity index (χ2n) is 6.41. The zero-order valence-electron chi connectivity index (χ0n) is 16.8. The van der Waals surface area contributed by atoms with Crippen LogP contribution in [0.15, 0.2) is 47.2 Å². The Morgan fingerprint density at radius 3 is 2.48 bits per heavy atom. The first-order valence-corrected chi connectivity index (χ1v) is 11.3. The summed E-state index contributed by atoms with van der Waals surface area (Å²) in [7, 11) is 0. The van der Waals surface area contributed by atoms with Gasteiger partial charge in [0.15, 0.2) is 5.13 Å². The minimum absolute atomic E-state index is 0.0215. The standard InChI is InChI=1S/C21H22N4O4S2/c1-2-29-16-7-5-14(6-8-16)23-20(28)12-22-18(26)10-15-13-31-21(24-15)25-19(27)11-17-4-3-9-30-17/h3-9,13H,2,10-12H2,1H3,(H,22,26)(H,23,28)(H,24,25,27). The zero-order valence-corrected chi connectivity index (χ0v) is 18.5. The van der Waals surface area contributed by atoms with Crippen LogP contribution in [0, 0.1) is 0 Å². The summed E-state index contributed by atoms with van der Waals surface area (Å²) >= 11 is 2.77. The summed E-state index contributed by atoms with van der Waals surface area (Å²) in [4.78, 5) is 41.4. The summed E-state index contributed by atoms with van der Waals surface area (Å²) in [5.41, 5.74) is 1.14. The Balaban J connectivity index is 1.39. The van der Waals surface area contributed by atoms with Gasteiger partial charge in [-0.1, -0.05) is 6.07 Å². The lowest BCUT2D eigenvalue weighted by Crippen LogP contribution is -2.33. The third-order valence-electron chi connectivity index (χ3n) is 3.95. The van der Waals surface area contributed by atoms with Crippen LogP contribution in [0.25, 0.3) is 0 Å². The molecular weight excluding hydrogens is 436 g/mol. The van der Waals surface area contributed by atoms with Crippen molar-refractivity contribution < 1.29 is 19.1 Å². The van der Waals surface area contributed by atoms with Crippen LogP contribution in [0.3, 0.4) is 0 Å². The number of anilines is 2. The Morgan fingerprint density at radius 1 is 0.968 bits per heavy atom. The van der Waals surface area contributed by atoms with Crippen molar-refractivity contribution >= 4 is 51.2 Å². The maximum Gasteiger partial charge on any atom is 0.243 e. The molecule has 3 rings (SSSR count). The number of hydrogen-bond donors (Lipinski definition) is 3. The first-order valence-electron chi connectivity index (χ1n) is 9.58. The molecule has 1 aromatic carbocycles. The second kappa shape index (κ2) is 11.2. The third kappa shape index (κ3) is 7.50. The fraction of sp³-hybridized carbons (Fsp3) is 0.238. The van der Waals surface area contributed by atoms with E-state index in [1.165, 1.54) is 22.7 Å². The van der Waals surface area contributed by atoms with Crippen molar-refractivity contribution in [2.24, 2.45) is 0 Å². The Morgan fingerprint density at radius 2 is 1.77 bits per heavy atom. The first-order chi connectivity index (χ1) is 15.0. The summed E-state index contributed by atoms with van der Waals surface area (Å²) in [6.07, 6.45) is 0.310. The van der Waals surface area contributed by atoms with Gasteiger partial charge in [0.25, 0.3) is 0 Å². The molecule has 31 heavy (non-hydrogen) atoms. The number of thiazole rings is 1. The molecule has 0 aliphatic carbocycles. The van der Waals surface area contributed by atoms with Gasteiger partial charge in [0.05, 0.1) is 31.7 Å². The fourth-order valence-electron chi connectivity index (χ4n) is 2.59. The van der Waals surface area contributed by atoms with Crippen LogP contribution >= 0.6 is 22.7 Å². The topological polar surface area (TPSA) is 109 Å². The highest BCUT2D eigenvalue weighted by atomic mass is 32.1. The van der Waals surface area contributed by atoms with E-state index in [1.54, 1.807) is 29.6 Å². The molecule has 0 bridgehead atoms. The van der Waals surface area contributed by atoms with Crippen molar-refractivity contribution in [3.8, 4) is 5.75 Å². The Hall–Kier alpha value is -3.24. The lowest BCUT2D eigenvalue weighted by molar-refractivity contribution is -0.123. The van der Waals surface area contributed by atoms with E-state index in [2.05, 4.69) is 20.9 Å². The number of carbonyl (C=O) groups excluding carboxylic acids is 3. The van der Waals surface area contributed by atoms with E-state index < -0.39 is 0 Å². The Labute approximate surface area is 187 Å². The van der Waals surface area contributed by atoms with Crippen molar-refractivity contribution in [3.05, 3.63) is 57.7 Å². The number of benzene rings is 1. The molecule has 162 valence electrons. The predicted octanol–water partition coefficient (Wildman–Crippen LogP) is 3.08. The molecule has 10 heteroatoms. The van der Waals surface area contributed by atoms with Crippen molar-refractivity contribution in [1.82, 2.24) is 10.3 Å². The van der Waals surface area contributed by atoms with Gasteiger partial charge in [-0.05, 0) is 42.6 Å². The molecule has 0 saturated carbocycles. The highest BCUT2D eigenvalue weighted by molar-refractivity contribution is 7.14. The predicted molar refractivity (Wildman–Crippen MR) is 122 cm³/mol. The van der Waals surface area contributed by atoms with Crippen LogP contribution in [0.4, 0.5) is 10.8 Å². The van der Waals surface area contributed by atoms with Gasteiger partial charge in [0, 0.05) is 15.9 Å². The molecule has 0 saturated heterocycles. The summed E-state index contributed by atoms with van der Waals surface area (Å²) in [5.74, 6) is -0.0983. The van der Waals surface area contributed by atoms with Crippen LogP contribution in [-0.2, 0) is 27.2 Å². The van der Waals surface area contributed by atoms with Crippen LogP contribution in [0.2, 0.25) is 0 Å². The maximum atomic E-state index is 12.1. The summed E-state index contributed by atoms with van der Waals surface area (Å²) in [6, 6.07) is 10.8. The monoisotopic (exact) mass is 458 g/mol. The summed E-state index contributed by atoms with van der Waals surface area (Å²) in [5, 5.41) is 12.1. The molecular formula is C21H22N4O4S2. The number of nitrogens with zero attached hydrogens (tertiary/aromatic N) is 1. The van der Waals surface area contributed by atoms with E-state index in [1.807, 2.05) is 24.4 Å². The molecule has 0 aliphatic rings. The van der Waals surface area contributed by atoms with Gasteiger partial charge in [-0.25, -0.2) is 4.98 Å². The largest absolute Gasteiger partial charge is 0.494 e. The van der Waals surface area contributed by atoms with Crippen LogP contribution in [-0.4, -0.2) is 35.9 Å². The van der Waals surface area contributed by atoms with Gasteiger partial charge in [-0.2, -0.15) is 0 Å². The highest BCUT2D eigenvalue weighted by Gasteiger charge is 2.12. The minimum Gasteiger partial charge on any atom is -0.494 e. The Kier molecular flexibility index (Phi) is 8.13. The van der Waals surface area contributed by atoms with E-state index in [4.69, 9.17) is 4.74 Å². The van der Waals surface area contributed by atoms with E-state index in [0.717, 1.165) is 10.6 Å². The Bertz CT molecular complexity index is 1020. The number of hydrogen-bond acceptors (Lipinski definition) is 7. The van der Waals surface area contributed by atoms with E-state index in [0.29, 0.717) is 23.1 Å². The SMILES string of the molecule is CCOc1ccc(NC(=O)CNC(=O)Cc2csc(NC(=O)Cc3cccs3)n2)cc1. The molecule has 0 spiro atoms. The normalized spacial score (nSPS) is 10.4. The molecule has 3 amide bonds. The van der Waals surface area contributed by atoms with E-state index >= 15 is 0 Å². The lowest BCUT2D eigenvalue weighted by atomic mass is 10.3. The van der Waals surface area contributed by atoms with Gasteiger partial charge in [0.2, 0.25) is 17.7 Å². The average molecular weight is 459 g/mol. The molecule has 0 atom stereocenters. The summed E-state index contributed by atoms with van der Waals surface area (Å²) < 4.78 is 5.35. The van der Waals surface area contributed by atoms with Crippen molar-refractivity contribution in [2.45, 2.75) is 19.8 Å². The number of rotatable bonds is 10. The molecule has 3 N–H and O–H groups in total. The minimum atomic E-state index is -0.336. The lowest BCUT2D eigenvalue weighted by Gasteiger charge is -2.08. The number of thiophene rings is 1. The van der Waals surface area contributed by atoms with Gasteiger partial charge in [-0.3, -0.25) is 14.4 Å². The van der Waals surface area contributed by atoms with Crippen molar-refractivity contribution in [3.63, 3.8) is 0 Å². The molecule has 0 radical (unpaired) electrons. The molecule has 8 nitrogen and oxygen atoms in total. The number of nitrogens with one attached hydrogen (secondary N) is 3. The zero-order chi connectivity index (χ0) is 22.1. The van der Waals surface area contributed by atoms with Gasteiger partial charge in [0.1, 0.15) is 5.75 Å². The highest BCUT2D eigenvalue weighted by Crippen LogP contribution is 2.17. The number of ether oxygens (including phenoxy) is 1. The molecule has 3 aromatic rings. The van der Waals surface area contributed by atoms with Crippen molar-refractivity contribution in [2.75, 3.05) is 23.8 Å². The number of amides is 3.